The molecule has 1 aliphatic heterocycles. The summed E-state index contributed by atoms with van der Waals surface area (Å²) in [6, 6.07) is 0. The summed E-state index contributed by atoms with van der Waals surface area (Å²) in [5.41, 5.74) is -0.435. The first-order valence-electron chi connectivity index (χ1n) is 6.51. The average Bonchev–Trinajstić information content (AvgIpc) is 2.41. The molecule has 0 saturated carbocycles. The molecule has 1 unspecified atom stereocenters. The standard InChI is InChI=1S/C13H25NO3/c1-13(2,3)17-12(16)14-8-5-4-6-11(10-14)7-9-15/h11,15H,4-10H2,1-3H3. The minimum Gasteiger partial charge on any atom is -0.444 e. The van der Waals surface area contributed by atoms with E-state index in [9.17, 15) is 4.79 Å². The van der Waals surface area contributed by atoms with Crippen LogP contribution in [0.4, 0.5) is 4.79 Å². The highest BCUT2D eigenvalue weighted by Crippen LogP contribution is 2.21. The van der Waals surface area contributed by atoms with Crippen LogP contribution in [0.2, 0.25) is 0 Å². The highest BCUT2D eigenvalue weighted by atomic mass is 16.6. The third kappa shape index (κ3) is 5.39. The monoisotopic (exact) mass is 243 g/mol. The normalized spacial score (nSPS) is 22.1. The largest absolute Gasteiger partial charge is 0.444 e. The lowest BCUT2D eigenvalue weighted by Gasteiger charge is -2.28. The molecule has 0 bridgehead atoms. The molecule has 0 radical (unpaired) electrons. The first kappa shape index (κ1) is 14.3. The quantitative estimate of drug-likeness (QED) is 0.810. The number of nitrogens with zero attached hydrogens (tertiary/aromatic N) is 1. The number of likely N-dealkylation sites (tertiary alicyclic amines) is 1. The maximum atomic E-state index is 12.0. The van der Waals surface area contributed by atoms with Crippen LogP contribution in [-0.2, 0) is 4.74 Å². The Hall–Kier alpha value is -0.770. The highest BCUT2D eigenvalue weighted by molar-refractivity contribution is 5.68. The summed E-state index contributed by atoms with van der Waals surface area (Å²) in [4.78, 5) is 13.7. The fraction of sp³-hybridized carbons (Fsp3) is 0.923. The van der Waals surface area contributed by atoms with Crippen LogP contribution >= 0.6 is 0 Å². The van der Waals surface area contributed by atoms with E-state index in [1.54, 1.807) is 4.90 Å². The van der Waals surface area contributed by atoms with Crippen molar-refractivity contribution in [3.05, 3.63) is 0 Å². The van der Waals surface area contributed by atoms with E-state index in [1.807, 2.05) is 20.8 Å². The number of ether oxygens (including phenoxy) is 1. The van der Waals surface area contributed by atoms with E-state index in [0.29, 0.717) is 5.92 Å². The molecule has 1 fully saturated rings. The topological polar surface area (TPSA) is 49.8 Å². The van der Waals surface area contributed by atoms with Gasteiger partial charge in [0.25, 0.3) is 0 Å². The molecule has 0 aromatic carbocycles. The molecule has 0 aliphatic carbocycles. The van der Waals surface area contributed by atoms with Gasteiger partial charge >= 0.3 is 6.09 Å². The van der Waals surface area contributed by atoms with Crippen molar-refractivity contribution in [2.75, 3.05) is 19.7 Å². The summed E-state index contributed by atoms with van der Waals surface area (Å²) in [6.45, 7) is 7.34. The Morgan fingerprint density at radius 3 is 2.71 bits per heavy atom. The van der Waals surface area contributed by atoms with Crippen molar-refractivity contribution in [3.63, 3.8) is 0 Å². The minimum atomic E-state index is -0.435. The molecule has 1 atom stereocenters. The van der Waals surface area contributed by atoms with Crippen molar-refractivity contribution in [2.45, 2.75) is 52.1 Å². The smallest absolute Gasteiger partial charge is 0.410 e. The van der Waals surface area contributed by atoms with Gasteiger partial charge in [-0.15, -0.1) is 0 Å². The van der Waals surface area contributed by atoms with E-state index in [-0.39, 0.29) is 12.7 Å². The van der Waals surface area contributed by atoms with Crippen LogP contribution in [0, 0.1) is 5.92 Å². The molecule has 1 rings (SSSR count). The van der Waals surface area contributed by atoms with Gasteiger partial charge in [-0.05, 0) is 46.0 Å². The molecular formula is C13H25NO3. The van der Waals surface area contributed by atoms with Crippen LogP contribution in [0.15, 0.2) is 0 Å². The lowest BCUT2D eigenvalue weighted by Crippen LogP contribution is -2.39. The number of amides is 1. The summed E-state index contributed by atoms with van der Waals surface area (Å²) in [5.74, 6) is 0.412. The Bertz CT molecular complexity index is 248. The van der Waals surface area contributed by atoms with Crippen molar-refractivity contribution >= 4 is 6.09 Å². The van der Waals surface area contributed by atoms with Crippen molar-refractivity contribution in [1.82, 2.24) is 4.90 Å². The summed E-state index contributed by atoms with van der Waals surface area (Å²) >= 11 is 0. The summed E-state index contributed by atoms with van der Waals surface area (Å²) < 4.78 is 5.38. The Kier molecular flexibility index (Phi) is 5.25. The lowest BCUT2D eigenvalue weighted by molar-refractivity contribution is 0.0227. The van der Waals surface area contributed by atoms with Crippen LogP contribution in [0.3, 0.4) is 0 Å². The highest BCUT2D eigenvalue weighted by Gasteiger charge is 2.25. The van der Waals surface area contributed by atoms with Crippen molar-refractivity contribution in [3.8, 4) is 0 Å². The van der Waals surface area contributed by atoms with Crippen LogP contribution in [0.5, 0.6) is 0 Å². The van der Waals surface area contributed by atoms with Gasteiger partial charge in [-0.2, -0.15) is 0 Å². The number of aliphatic hydroxyl groups is 1. The van der Waals surface area contributed by atoms with Crippen molar-refractivity contribution < 1.29 is 14.6 Å². The van der Waals surface area contributed by atoms with Crippen LogP contribution in [0.25, 0.3) is 0 Å². The minimum absolute atomic E-state index is 0.201. The van der Waals surface area contributed by atoms with Gasteiger partial charge in [-0.25, -0.2) is 4.79 Å². The summed E-state index contributed by atoms with van der Waals surface area (Å²) in [7, 11) is 0. The third-order valence-electron chi connectivity index (χ3n) is 2.96. The van der Waals surface area contributed by atoms with E-state index < -0.39 is 5.60 Å². The molecule has 1 amide bonds. The average molecular weight is 243 g/mol. The molecule has 1 saturated heterocycles. The molecule has 0 aromatic heterocycles. The van der Waals surface area contributed by atoms with Gasteiger partial charge in [0.05, 0.1) is 0 Å². The molecule has 100 valence electrons. The first-order chi connectivity index (χ1) is 7.92. The second-order valence-electron chi connectivity index (χ2n) is 5.80. The van der Waals surface area contributed by atoms with Gasteiger partial charge in [0.1, 0.15) is 5.60 Å². The van der Waals surface area contributed by atoms with E-state index in [4.69, 9.17) is 9.84 Å². The number of hydrogen-bond donors (Lipinski definition) is 1. The molecular weight excluding hydrogens is 218 g/mol. The van der Waals surface area contributed by atoms with E-state index in [2.05, 4.69) is 0 Å². The van der Waals surface area contributed by atoms with Crippen LogP contribution in [0.1, 0.15) is 46.5 Å². The maximum absolute atomic E-state index is 12.0. The second-order valence-corrected chi connectivity index (χ2v) is 5.80. The van der Waals surface area contributed by atoms with Gasteiger partial charge in [0.15, 0.2) is 0 Å². The number of aliphatic hydroxyl groups excluding tert-OH is 1. The predicted molar refractivity (Wildman–Crippen MR) is 66.9 cm³/mol. The van der Waals surface area contributed by atoms with Crippen molar-refractivity contribution in [2.24, 2.45) is 5.92 Å². The fourth-order valence-corrected chi connectivity index (χ4v) is 2.14. The Morgan fingerprint density at radius 2 is 2.12 bits per heavy atom. The molecule has 4 heteroatoms. The predicted octanol–water partition coefficient (Wildman–Crippen LogP) is 2.41. The zero-order valence-electron chi connectivity index (χ0n) is 11.2. The number of carbonyl (C=O) groups is 1. The SMILES string of the molecule is CC(C)(C)OC(=O)N1CCCCC(CCO)C1. The second kappa shape index (κ2) is 6.24. The number of rotatable bonds is 2. The molecule has 1 heterocycles. The summed E-state index contributed by atoms with van der Waals surface area (Å²) in [5, 5.41) is 8.99. The van der Waals surface area contributed by atoms with Gasteiger partial charge in [-0.3, -0.25) is 0 Å². The molecule has 1 N–H and O–H groups in total. The molecule has 4 nitrogen and oxygen atoms in total. The summed E-state index contributed by atoms with van der Waals surface area (Å²) in [6.07, 6.45) is 3.81. The molecule has 0 aromatic rings. The van der Waals surface area contributed by atoms with Gasteiger partial charge in [0, 0.05) is 19.7 Å². The van der Waals surface area contributed by atoms with Crippen LogP contribution in [-0.4, -0.2) is 41.4 Å². The Labute approximate surface area is 104 Å². The van der Waals surface area contributed by atoms with Gasteiger partial charge in [0.2, 0.25) is 0 Å². The molecule has 1 aliphatic rings. The zero-order chi connectivity index (χ0) is 12.9. The Balaban J connectivity index is 2.53. The first-order valence-corrected chi connectivity index (χ1v) is 6.51. The Morgan fingerprint density at radius 1 is 1.41 bits per heavy atom. The fourth-order valence-electron chi connectivity index (χ4n) is 2.14. The number of hydrogen-bond acceptors (Lipinski definition) is 3. The van der Waals surface area contributed by atoms with E-state index in [1.165, 1.54) is 0 Å². The molecule has 17 heavy (non-hydrogen) atoms. The van der Waals surface area contributed by atoms with Crippen molar-refractivity contribution in [1.29, 1.82) is 0 Å². The molecule has 0 spiro atoms. The van der Waals surface area contributed by atoms with E-state index >= 15 is 0 Å². The third-order valence-corrected chi connectivity index (χ3v) is 2.96. The number of carbonyl (C=O) groups excluding carboxylic acids is 1. The van der Waals surface area contributed by atoms with E-state index in [0.717, 1.165) is 38.8 Å². The maximum Gasteiger partial charge on any atom is 0.410 e. The zero-order valence-corrected chi connectivity index (χ0v) is 11.2. The van der Waals surface area contributed by atoms with Gasteiger partial charge in [-0.1, -0.05) is 6.42 Å². The van der Waals surface area contributed by atoms with Gasteiger partial charge < -0.3 is 14.7 Å². The van der Waals surface area contributed by atoms with Crippen LogP contribution < -0.4 is 0 Å². The lowest BCUT2D eigenvalue weighted by atomic mass is 10.0.